The number of aromatic nitrogens is 2. The number of piperazine rings is 1. The van der Waals surface area contributed by atoms with Gasteiger partial charge in [-0.1, -0.05) is 19.3 Å². The predicted octanol–water partition coefficient (Wildman–Crippen LogP) is 2.62. The molecule has 2 saturated heterocycles. The second-order valence-corrected chi connectivity index (χ2v) is 9.26. The van der Waals surface area contributed by atoms with Gasteiger partial charge >= 0.3 is 6.03 Å². The largest absolute Gasteiger partial charge is 0.328 e. The summed E-state index contributed by atoms with van der Waals surface area (Å²) in [5, 5.41) is 6.80. The third-order valence-electron chi connectivity index (χ3n) is 7.12. The molecule has 2 aromatic rings. The summed E-state index contributed by atoms with van der Waals surface area (Å²) in [5.74, 6) is -0.222. The van der Waals surface area contributed by atoms with Gasteiger partial charge in [-0.2, -0.15) is 5.10 Å². The summed E-state index contributed by atoms with van der Waals surface area (Å²) in [7, 11) is 0. The van der Waals surface area contributed by atoms with Gasteiger partial charge in [0.1, 0.15) is 0 Å². The molecule has 2 aromatic heterocycles. The number of pyridine rings is 1. The van der Waals surface area contributed by atoms with Gasteiger partial charge in [0, 0.05) is 57.4 Å². The average Bonchev–Trinajstić information content (AvgIpc) is 3.17. The van der Waals surface area contributed by atoms with Crippen molar-refractivity contribution in [3.8, 4) is 0 Å². The molecule has 0 radical (unpaired) electrons. The minimum absolute atomic E-state index is 0.222. The van der Waals surface area contributed by atoms with Gasteiger partial charge in [0.05, 0.1) is 17.4 Å². The number of carbonyl (C=O) groups excluding carboxylic acids is 2. The fourth-order valence-electron chi connectivity index (χ4n) is 5.52. The Hall–Kier alpha value is -2.45. The molecule has 31 heavy (non-hydrogen) atoms. The van der Waals surface area contributed by atoms with Crippen LogP contribution in [0.2, 0.25) is 0 Å². The summed E-state index contributed by atoms with van der Waals surface area (Å²) < 4.78 is 1.80. The van der Waals surface area contributed by atoms with Crippen LogP contribution < -0.4 is 10.2 Å². The molecule has 5 rings (SSSR count). The van der Waals surface area contributed by atoms with E-state index in [2.05, 4.69) is 39.3 Å². The molecule has 8 heteroatoms. The average molecular weight is 425 g/mol. The van der Waals surface area contributed by atoms with Crippen LogP contribution in [0.25, 0.3) is 5.52 Å². The van der Waals surface area contributed by atoms with Crippen molar-refractivity contribution in [3.63, 3.8) is 0 Å². The molecule has 3 fully saturated rings. The van der Waals surface area contributed by atoms with Gasteiger partial charge in [0.2, 0.25) is 5.91 Å². The number of amides is 3. The lowest BCUT2D eigenvalue weighted by Gasteiger charge is -2.45. The zero-order valence-electron chi connectivity index (χ0n) is 18.3. The molecule has 8 nitrogen and oxygen atoms in total. The Balaban J connectivity index is 1.28. The zero-order chi connectivity index (χ0) is 21.4. The van der Waals surface area contributed by atoms with Crippen LogP contribution >= 0.6 is 0 Å². The molecule has 0 aromatic carbocycles. The summed E-state index contributed by atoms with van der Waals surface area (Å²) in [5.41, 5.74) is 2.87. The van der Waals surface area contributed by atoms with Crippen molar-refractivity contribution in [1.29, 1.82) is 0 Å². The van der Waals surface area contributed by atoms with Crippen LogP contribution in [0.15, 0.2) is 24.5 Å². The Bertz CT molecular complexity index is 966. The Labute approximate surface area is 183 Å². The molecule has 166 valence electrons. The maximum atomic E-state index is 12.3. The van der Waals surface area contributed by atoms with Crippen LogP contribution in [0.1, 0.15) is 51.0 Å². The Morgan fingerprint density at radius 1 is 1.13 bits per heavy atom. The van der Waals surface area contributed by atoms with Crippen molar-refractivity contribution < 1.29 is 9.59 Å². The molecule has 0 bridgehead atoms. The summed E-state index contributed by atoms with van der Waals surface area (Å²) >= 11 is 0. The second kappa shape index (κ2) is 8.59. The first-order valence-corrected chi connectivity index (χ1v) is 11.6. The minimum Gasteiger partial charge on any atom is -0.296 e. The van der Waals surface area contributed by atoms with Crippen LogP contribution in [0, 0.1) is 0 Å². The first-order valence-electron chi connectivity index (χ1n) is 11.6. The lowest BCUT2D eigenvalue weighted by Crippen LogP contribution is -2.55. The van der Waals surface area contributed by atoms with Crippen molar-refractivity contribution >= 4 is 23.1 Å². The third kappa shape index (κ3) is 4.19. The zero-order valence-corrected chi connectivity index (χ0v) is 18.3. The van der Waals surface area contributed by atoms with Crippen molar-refractivity contribution in [3.05, 3.63) is 30.1 Å². The SMILES string of the molecule is C[C@H]1CN(Cc2ccn3ncc(N4CCC(=O)NC4=O)c3c2)CCN1C1CCCCC1. The van der Waals surface area contributed by atoms with Crippen LogP contribution in [-0.4, -0.2) is 69.6 Å². The molecule has 1 N–H and O–H groups in total. The summed E-state index contributed by atoms with van der Waals surface area (Å²) in [4.78, 5) is 30.7. The van der Waals surface area contributed by atoms with Crippen molar-refractivity contribution in [1.82, 2.24) is 24.7 Å². The number of anilines is 1. The second-order valence-electron chi connectivity index (χ2n) is 9.26. The smallest absolute Gasteiger partial charge is 0.296 e. The normalized spacial score (nSPS) is 24.7. The quantitative estimate of drug-likeness (QED) is 0.817. The number of urea groups is 1. The number of rotatable bonds is 4. The van der Waals surface area contributed by atoms with E-state index in [-0.39, 0.29) is 11.9 Å². The minimum atomic E-state index is -0.371. The van der Waals surface area contributed by atoms with Gasteiger partial charge in [-0.15, -0.1) is 0 Å². The standard InChI is InChI=1S/C23H32N6O2/c1-17-15-26(11-12-27(17)19-5-3-2-4-6-19)16-18-7-10-29-20(13-18)21(14-24-29)28-9-8-22(30)25-23(28)31/h7,10,13-14,17,19H,2-6,8-9,11-12,15-16H2,1H3,(H,25,30,31)/t17-/m0/s1. The topological polar surface area (TPSA) is 73.2 Å². The molecular formula is C23H32N6O2. The molecule has 1 atom stereocenters. The van der Waals surface area contributed by atoms with Gasteiger partial charge < -0.3 is 0 Å². The first-order chi connectivity index (χ1) is 15.1. The monoisotopic (exact) mass is 424 g/mol. The number of fused-ring (bicyclic) bond motifs is 1. The number of nitrogens with one attached hydrogen (secondary N) is 1. The summed E-state index contributed by atoms with van der Waals surface area (Å²) in [6.45, 7) is 6.98. The lowest BCUT2D eigenvalue weighted by molar-refractivity contribution is -0.120. The highest BCUT2D eigenvalue weighted by Gasteiger charge is 2.30. The molecular weight excluding hydrogens is 392 g/mol. The van der Waals surface area contributed by atoms with Crippen LogP contribution in [-0.2, 0) is 11.3 Å². The molecule has 1 saturated carbocycles. The molecule has 3 aliphatic rings. The Morgan fingerprint density at radius 2 is 1.97 bits per heavy atom. The number of hydrogen-bond acceptors (Lipinski definition) is 5. The van der Waals surface area contributed by atoms with Gasteiger partial charge in [-0.25, -0.2) is 9.31 Å². The van der Waals surface area contributed by atoms with Gasteiger partial charge in [-0.05, 0) is 37.5 Å². The highest BCUT2D eigenvalue weighted by atomic mass is 16.2. The highest BCUT2D eigenvalue weighted by molar-refractivity contribution is 6.07. The molecule has 1 aliphatic carbocycles. The fourth-order valence-corrected chi connectivity index (χ4v) is 5.52. The molecule has 0 spiro atoms. The van der Waals surface area contributed by atoms with E-state index in [1.165, 1.54) is 37.7 Å². The van der Waals surface area contributed by atoms with E-state index >= 15 is 0 Å². The maximum Gasteiger partial charge on any atom is 0.328 e. The van der Waals surface area contributed by atoms with E-state index in [4.69, 9.17) is 0 Å². The Morgan fingerprint density at radius 3 is 2.74 bits per heavy atom. The first kappa shape index (κ1) is 20.5. The number of carbonyl (C=O) groups is 2. The third-order valence-corrected chi connectivity index (χ3v) is 7.12. The number of hydrogen-bond donors (Lipinski definition) is 1. The van der Waals surface area contributed by atoms with Crippen LogP contribution in [0.3, 0.4) is 0 Å². The van der Waals surface area contributed by atoms with Gasteiger partial charge in [0.15, 0.2) is 0 Å². The van der Waals surface area contributed by atoms with Crippen molar-refractivity contribution in [2.75, 3.05) is 31.1 Å². The lowest BCUT2D eigenvalue weighted by atomic mass is 9.92. The fraction of sp³-hybridized carbons (Fsp3) is 0.609. The molecule has 0 unspecified atom stereocenters. The van der Waals surface area contributed by atoms with E-state index < -0.39 is 0 Å². The number of imide groups is 1. The van der Waals surface area contributed by atoms with E-state index in [0.29, 0.717) is 19.0 Å². The molecule has 3 amide bonds. The summed E-state index contributed by atoms with van der Waals surface area (Å²) in [6.07, 6.45) is 10.9. The van der Waals surface area contributed by atoms with Gasteiger partial charge in [0.25, 0.3) is 0 Å². The van der Waals surface area contributed by atoms with E-state index in [1.54, 1.807) is 15.6 Å². The van der Waals surface area contributed by atoms with Crippen molar-refractivity contribution in [2.24, 2.45) is 0 Å². The van der Waals surface area contributed by atoms with Crippen LogP contribution in [0.4, 0.5) is 10.5 Å². The highest BCUT2D eigenvalue weighted by Crippen LogP contribution is 2.27. The van der Waals surface area contributed by atoms with E-state index in [9.17, 15) is 9.59 Å². The maximum absolute atomic E-state index is 12.3. The van der Waals surface area contributed by atoms with E-state index in [1.807, 2.05) is 6.20 Å². The van der Waals surface area contributed by atoms with Crippen molar-refractivity contribution in [2.45, 2.75) is 64.1 Å². The molecule has 4 heterocycles. The van der Waals surface area contributed by atoms with Crippen LogP contribution in [0.5, 0.6) is 0 Å². The predicted molar refractivity (Wildman–Crippen MR) is 119 cm³/mol. The summed E-state index contributed by atoms with van der Waals surface area (Å²) in [6, 6.07) is 5.23. The number of nitrogens with zero attached hydrogens (tertiary/aromatic N) is 5. The van der Waals surface area contributed by atoms with Gasteiger partial charge in [-0.3, -0.25) is 24.8 Å². The molecule has 2 aliphatic heterocycles. The Kier molecular flexibility index (Phi) is 5.67. The van der Waals surface area contributed by atoms with E-state index in [0.717, 1.165) is 43.4 Å².